The average molecular weight is 743 g/mol. The van der Waals surface area contributed by atoms with Gasteiger partial charge in [-0.15, -0.1) is 0 Å². The van der Waals surface area contributed by atoms with Crippen molar-refractivity contribution in [2.45, 2.75) is 19.3 Å². The van der Waals surface area contributed by atoms with Gasteiger partial charge in [0.2, 0.25) is 0 Å². The number of nitrogens with zero attached hydrogens (tertiary/aromatic N) is 2. The van der Waals surface area contributed by atoms with E-state index in [-0.39, 0.29) is 5.41 Å². The van der Waals surface area contributed by atoms with Crippen molar-refractivity contribution in [3.05, 3.63) is 205 Å². The highest BCUT2D eigenvalue weighted by Gasteiger charge is 2.36. The Bertz CT molecular complexity index is 3420. The van der Waals surface area contributed by atoms with Crippen LogP contribution in [0, 0.1) is 0 Å². The van der Waals surface area contributed by atoms with Crippen molar-refractivity contribution in [3.8, 4) is 27.9 Å². The second-order valence-electron chi connectivity index (χ2n) is 16.1. The fraction of sp³-hybridized carbons (Fsp3) is 0.0545. The van der Waals surface area contributed by atoms with E-state index in [1.54, 1.807) is 0 Å². The first kappa shape index (κ1) is 32.8. The van der Waals surface area contributed by atoms with Crippen molar-refractivity contribution < 1.29 is 4.42 Å². The number of fused-ring (bicyclic) bond motifs is 11. The number of anilines is 3. The molecule has 0 bridgehead atoms. The molecule has 1 aliphatic carbocycles. The first-order valence-corrected chi connectivity index (χ1v) is 20.1. The molecule has 0 radical (unpaired) electrons. The lowest BCUT2D eigenvalue weighted by molar-refractivity contribution is 0.661. The molecule has 11 aromatic rings. The summed E-state index contributed by atoms with van der Waals surface area (Å²) in [6.07, 6.45) is 0. The van der Waals surface area contributed by atoms with Crippen LogP contribution in [0.2, 0.25) is 0 Å². The van der Waals surface area contributed by atoms with Crippen molar-refractivity contribution in [1.29, 1.82) is 0 Å². The maximum Gasteiger partial charge on any atom is 0.137 e. The highest BCUT2D eigenvalue weighted by molar-refractivity contribution is 6.11. The van der Waals surface area contributed by atoms with E-state index in [9.17, 15) is 0 Å². The van der Waals surface area contributed by atoms with E-state index in [1.165, 1.54) is 66.0 Å². The maximum absolute atomic E-state index is 6.44. The molecular formula is C55H38N2O. The summed E-state index contributed by atoms with van der Waals surface area (Å²) in [5.74, 6) is 0. The number of para-hydroxylation sites is 3. The molecule has 3 heteroatoms. The molecule has 3 nitrogen and oxygen atoms in total. The van der Waals surface area contributed by atoms with Crippen molar-refractivity contribution in [1.82, 2.24) is 4.57 Å². The minimum atomic E-state index is -0.0982. The topological polar surface area (TPSA) is 21.3 Å². The van der Waals surface area contributed by atoms with Crippen LogP contribution < -0.4 is 4.90 Å². The number of benzene rings is 9. The van der Waals surface area contributed by atoms with Crippen LogP contribution in [0.4, 0.5) is 17.1 Å². The van der Waals surface area contributed by atoms with Gasteiger partial charge in [-0.05, 0) is 117 Å². The summed E-state index contributed by atoms with van der Waals surface area (Å²) >= 11 is 0. The van der Waals surface area contributed by atoms with Gasteiger partial charge in [-0.1, -0.05) is 129 Å². The summed E-state index contributed by atoms with van der Waals surface area (Å²) in [6.45, 7) is 4.73. The fourth-order valence-electron chi connectivity index (χ4n) is 9.75. The summed E-state index contributed by atoms with van der Waals surface area (Å²) < 4.78 is 8.81. The molecule has 9 aromatic carbocycles. The van der Waals surface area contributed by atoms with Crippen molar-refractivity contribution in [3.63, 3.8) is 0 Å². The van der Waals surface area contributed by atoms with Crippen molar-refractivity contribution >= 4 is 71.6 Å². The van der Waals surface area contributed by atoms with E-state index in [2.05, 4.69) is 205 Å². The number of aromatic nitrogens is 1. The molecule has 274 valence electrons. The minimum Gasteiger partial charge on any atom is -0.456 e. The number of furan rings is 1. The number of hydrogen-bond acceptors (Lipinski definition) is 2. The lowest BCUT2D eigenvalue weighted by atomic mass is 9.81. The van der Waals surface area contributed by atoms with E-state index in [1.807, 2.05) is 12.1 Å². The molecule has 0 saturated carbocycles. The lowest BCUT2D eigenvalue weighted by Crippen LogP contribution is -2.15. The molecule has 0 N–H and O–H groups in total. The zero-order chi connectivity index (χ0) is 38.5. The van der Waals surface area contributed by atoms with Gasteiger partial charge < -0.3 is 13.9 Å². The van der Waals surface area contributed by atoms with Gasteiger partial charge in [0.25, 0.3) is 0 Å². The molecule has 1 aliphatic rings. The first-order valence-electron chi connectivity index (χ1n) is 20.1. The van der Waals surface area contributed by atoms with Crippen LogP contribution in [0.3, 0.4) is 0 Å². The van der Waals surface area contributed by atoms with Gasteiger partial charge in [-0.2, -0.15) is 0 Å². The third kappa shape index (κ3) is 4.80. The maximum atomic E-state index is 6.44. The van der Waals surface area contributed by atoms with Crippen LogP contribution in [-0.4, -0.2) is 4.57 Å². The standard InChI is InChI=1S/C55H38N2O/c1-55(2)48-30-23-36-12-6-7-15-42(36)54(48)46-28-22-37(32-49(46)55)35-20-24-39(25-21-35)56(41-26-29-45-44-17-9-11-19-52(44)58-53(45)34-41)40-27-31-51-47(33-40)43-16-8-10-18-50(43)57(51)38-13-4-3-5-14-38/h3-34H,1-2H3. The Hall–Kier alpha value is -7.36. The van der Waals surface area contributed by atoms with Crippen LogP contribution >= 0.6 is 0 Å². The molecule has 58 heavy (non-hydrogen) atoms. The third-order valence-electron chi connectivity index (χ3n) is 12.6. The van der Waals surface area contributed by atoms with E-state index in [0.29, 0.717) is 0 Å². The van der Waals surface area contributed by atoms with Gasteiger partial charge >= 0.3 is 0 Å². The van der Waals surface area contributed by atoms with Crippen molar-refractivity contribution in [2.24, 2.45) is 0 Å². The normalized spacial score (nSPS) is 13.1. The van der Waals surface area contributed by atoms with E-state index in [4.69, 9.17) is 4.42 Å². The van der Waals surface area contributed by atoms with Crippen LogP contribution in [-0.2, 0) is 5.41 Å². The lowest BCUT2D eigenvalue weighted by Gasteiger charge is -2.26. The van der Waals surface area contributed by atoms with E-state index in [0.717, 1.165) is 44.7 Å². The smallest absolute Gasteiger partial charge is 0.137 e. The molecule has 0 saturated heterocycles. The summed E-state index contributed by atoms with van der Waals surface area (Å²) in [4.78, 5) is 2.36. The SMILES string of the molecule is CC1(C)c2cc(-c3ccc(N(c4ccc5c(c4)oc4ccccc45)c4ccc5c(c4)c4ccccc4n5-c4ccccc4)cc3)ccc2-c2c1ccc1ccccc21. The van der Waals surface area contributed by atoms with Gasteiger partial charge in [0.15, 0.2) is 0 Å². The molecule has 0 fully saturated rings. The minimum absolute atomic E-state index is 0.0982. The highest BCUT2D eigenvalue weighted by Crippen LogP contribution is 2.52. The molecule has 2 heterocycles. The molecule has 12 rings (SSSR count). The van der Waals surface area contributed by atoms with Crippen LogP contribution in [0.5, 0.6) is 0 Å². The monoisotopic (exact) mass is 742 g/mol. The first-order chi connectivity index (χ1) is 28.5. The van der Waals surface area contributed by atoms with Crippen LogP contribution in [0.1, 0.15) is 25.0 Å². The molecule has 0 aliphatic heterocycles. The summed E-state index contributed by atoms with van der Waals surface area (Å²) in [5.41, 5.74) is 16.3. The zero-order valence-corrected chi connectivity index (χ0v) is 32.3. The number of rotatable bonds is 5. The average Bonchev–Trinajstić information content (AvgIpc) is 3.89. The molecule has 2 aromatic heterocycles. The Morgan fingerprint density at radius 2 is 1.09 bits per heavy atom. The Morgan fingerprint density at radius 1 is 0.431 bits per heavy atom. The molecule has 0 unspecified atom stereocenters. The van der Waals surface area contributed by atoms with Gasteiger partial charge in [-0.25, -0.2) is 0 Å². The zero-order valence-electron chi connectivity index (χ0n) is 32.3. The summed E-state index contributed by atoms with van der Waals surface area (Å²) in [6, 6.07) is 70.6. The van der Waals surface area contributed by atoms with Crippen molar-refractivity contribution in [2.75, 3.05) is 4.90 Å². The van der Waals surface area contributed by atoms with E-state index < -0.39 is 0 Å². The Morgan fingerprint density at radius 3 is 1.95 bits per heavy atom. The fourth-order valence-corrected chi connectivity index (χ4v) is 9.75. The highest BCUT2D eigenvalue weighted by atomic mass is 16.3. The van der Waals surface area contributed by atoms with Gasteiger partial charge in [0.05, 0.1) is 11.0 Å². The Kier molecular flexibility index (Phi) is 6.98. The van der Waals surface area contributed by atoms with Crippen LogP contribution in [0.25, 0.3) is 82.5 Å². The second kappa shape index (κ2) is 12.3. The number of hydrogen-bond donors (Lipinski definition) is 0. The molecular weight excluding hydrogens is 705 g/mol. The van der Waals surface area contributed by atoms with Gasteiger partial charge in [0, 0.05) is 55.8 Å². The van der Waals surface area contributed by atoms with Gasteiger partial charge in [-0.3, -0.25) is 0 Å². The van der Waals surface area contributed by atoms with Crippen LogP contribution in [0.15, 0.2) is 199 Å². The summed E-state index contributed by atoms with van der Waals surface area (Å²) in [5, 5.41) is 7.29. The summed E-state index contributed by atoms with van der Waals surface area (Å²) in [7, 11) is 0. The Labute approximate surface area is 336 Å². The third-order valence-corrected chi connectivity index (χ3v) is 12.6. The molecule has 0 amide bonds. The Balaban J connectivity index is 1.000. The predicted molar refractivity (Wildman–Crippen MR) is 243 cm³/mol. The quantitative estimate of drug-likeness (QED) is 0.175. The molecule has 0 spiro atoms. The van der Waals surface area contributed by atoms with E-state index >= 15 is 0 Å². The van der Waals surface area contributed by atoms with Gasteiger partial charge in [0.1, 0.15) is 11.2 Å². The second-order valence-corrected chi connectivity index (χ2v) is 16.1. The molecule has 0 atom stereocenters. The predicted octanol–water partition coefficient (Wildman–Crippen LogP) is 15.3. The largest absolute Gasteiger partial charge is 0.456 e.